The average molecular weight is 396 g/mol. The largest absolute Gasteiger partial charge is 0.350 e. The van der Waals surface area contributed by atoms with Gasteiger partial charge in [0.25, 0.3) is 11.8 Å². The molecular formula is C24H16N2O2S. The van der Waals surface area contributed by atoms with E-state index in [2.05, 4.69) is 5.32 Å². The Balaban J connectivity index is 1.65. The smallest absolute Gasteiger partial charge is 0.282 e. The molecule has 1 aliphatic heterocycles. The number of fused-ring (bicyclic) bond motifs is 1. The summed E-state index contributed by atoms with van der Waals surface area (Å²) in [5, 5.41) is 7.23. The Labute approximate surface area is 171 Å². The van der Waals surface area contributed by atoms with Gasteiger partial charge in [0, 0.05) is 16.0 Å². The molecule has 2 amide bonds. The Morgan fingerprint density at radius 3 is 2.28 bits per heavy atom. The van der Waals surface area contributed by atoms with Crippen LogP contribution < -0.4 is 10.2 Å². The lowest BCUT2D eigenvalue weighted by atomic mass is 10.1. The van der Waals surface area contributed by atoms with Gasteiger partial charge in [0.1, 0.15) is 5.70 Å². The van der Waals surface area contributed by atoms with Gasteiger partial charge in [0.2, 0.25) is 0 Å². The second kappa shape index (κ2) is 7.04. The van der Waals surface area contributed by atoms with Crippen LogP contribution in [0.4, 0.5) is 11.4 Å². The Bertz CT molecular complexity index is 1260. The van der Waals surface area contributed by atoms with Crippen molar-refractivity contribution in [3.63, 3.8) is 0 Å². The van der Waals surface area contributed by atoms with Crippen LogP contribution in [0.1, 0.15) is 4.88 Å². The van der Waals surface area contributed by atoms with Crippen molar-refractivity contribution in [2.45, 2.75) is 0 Å². The number of anilines is 2. The lowest BCUT2D eigenvalue weighted by molar-refractivity contribution is -0.120. The molecule has 0 spiro atoms. The fourth-order valence-corrected chi connectivity index (χ4v) is 4.34. The molecular weight excluding hydrogens is 380 g/mol. The summed E-state index contributed by atoms with van der Waals surface area (Å²) >= 11 is 1.44. The van der Waals surface area contributed by atoms with E-state index in [4.69, 9.17) is 0 Å². The third-order valence-electron chi connectivity index (χ3n) is 4.92. The van der Waals surface area contributed by atoms with Crippen molar-refractivity contribution in [2.24, 2.45) is 0 Å². The number of thiophene rings is 1. The molecule has 1 aromatic heterocycles. The third-order valence-corrected chi connectivity index (χ3v) is 5.80. The number of nitrogens with one attached hydrogen (secondary N) is 1. The first-order valence-electron chi connectivity index (χ1n) is 9.21. The monoisotopic (exact) mass is 396 g/mol. The third kappa shape index (κ3) is 2.92. The zero-order valence-electron chi connectivity index (χ0n) is 15.3. The van der Waals surface area contributed by atoms with Gasteiger partial charge in [-0.1, -0.05) is 60.7 Å². The first kappa shape index (κ1) is 17.4. The molecule has 0 saturated heterocycles. The number of hydrogen-bond donors (Lipinski definition) is 1. The lowest BCUT2D eigenvalue weighted by Crippen LogP contribution is -2.32. The molecule has 0 unspecified atom stereocenters. The van der Waals surface area contributed by atoms with Crippen molar-refractivity contribution in [3.8, 4) is 0 Å². The van der Waals surface area contributed by atoms with E-state index in [1.54, 1.807) is 12.1 Å². The number of nitrogens with zero attached hydrogens (tertiary/aromatic N) is 1. The van der Waals surface area contributed by atoms with Gasteiger partial charge in [-0.3, -0.25) is 9.59 Å². The SMILES string of the molecule is O=C1C(Nc2cccc3ccccc23)=C(c2cccs2)C(=O)N1c1ccccc1. The van der Waals surface area contributed by atoms with Gasteiger partial charge in [-0.15, -0.1) is 11.3 Å². The topological polar surface area (TPSA) is 49.4 Å². The summed E-state index contributed by atoms with van der Waals surface area (Å²) in [5.41, 5.74) is 2.06. The Kier molecular flexibility index (Phi) is 4.22. The second-order valence-electron chi connectivity index (χ2n) is 6.66. The van der Waals surface area contributed by atoms with E-state index in [-0.39, 0.29) is 11.8 Å². The maximum atomic E-state index is 13.4. The van der Waals surface area contributed by atoms with Crippen LogP contribution in [0.15, 0.2) is 96.0 Å². The van der Waals surface area contributed by atoms with Crippen LogP contribution in [-0.4, -0.2) is 11.8 Å². The average Bonchev–Trinajstić information content (AvgIpc) is 3.36. The molecule has 0 fully saturated rings. The highest BCUT2D eigenvalue weighted by atomic mass is 32.1. The summed E-state index contributed by atoms with van der Waals surface area (Å²) < 4.78 is 0. The van der Waals surface area contributed by atoms with Gasteiger partial charge in [0.15, 0.2) is 0 Å². The fraction of sp³-hybridized carbons (Fsp3) is 0. The molecule has 0 radical (unpaired) electrons. The number of carbonyl (C=O) groups is 2. The molecule has 29 heavy (non-hydrogen) atoms. The van der Waals surface area contributed by atoms with E-state index in [1.807, 2.05) is 78.2 Å². The first-order chi connectivity index (χ1) is 14.2. The number of imide groups is 1. The molecule has 5 rings (SSSR count). The van der Waals surface area contributed by atoms with Crippen molar-refractivity contribution in [1.82, 2.24) is 0 Å². The lowest BCUT2D eigenvalue weighted by Gasteiger charge is -2.15. The minimum atomic E-state index is -0.350. The maximum Gasteiger partial charge on any atom is 0.282 e. The maximum absolute atomic E-state index is 13.4. The van der Waals surface area contributed by atoms with Crippen LogP contribution in [0, 0.1) is 0 Å². The van der Waals surface area contributed by atoms with E-state index in [1.165, 1.54) is 16.2 Å². The molecule has 5 heteroatoms. The summed E-state index contributed by atoms with van der Waals surface area (Å²) in [5.74, 6) is -0.663. The van der Waals surface area contributed by atoms with Crippen LogP contribution >= 0.6 is 11.3 Å². The quantitative estimate of drug-likeness (QED) is 0.476. The fourth-order valence-electron chi connectivity index (χ4n) is 3.58. The standard InChI is InChI=1S/C24H16N2O2S/c27-23-21(20-14-7-15-29-20)22(24(28)26(23)17-10-2-1-3-11-17)25-19-13-6-9-16-8-4-5-12-18(16)19/h1-15,25H. The van der Waals surface area contributed by atoms with Crippen LogP contribution in [0.2, 0.25) is 0 Å². The van der Waals surface area contributed by atoms with E-state index >= 15 is 0 Å². The molecule has 1 aliphatic rings. The molecule has 3 aromatic carbocycles. The summed E-state index contributed by atoms with van der Waals surface area (Å²) in [6.45, 7) is 0. The second-order valence-corrected chi connectivity index (χ2v) is 7.61. The highest BCUT2D eigenvalue weighted by Crippen LogP contribution is 2.36. The van der Waals surface area contributed by atoms with Gasteiger partial charge >= 0.3 is 0 Å². The summed E-state index contributed by atoms with van der Waals surface area (Å²) in [7, 11) is 0. The minimum Gasteiger partial charge on any atom is -0.350 e. The highest BCUT2D eigenvalue weighted by molar-refractivity contribution is 7.11. The van der Waals surface area contributed by atoms with Gasteiger partial charge in [0.05, 0.1) is 11.3 Å². The molecule has 0 saturated carbocycles. The van der Waals surface area contributed by atoms with Crippen LogP contribution in [-0.2, 0) is 9.59 Å². The molecule has 4 aromatic rings. The van der Waals surface area contributed by atoms with Gasteiger partial charge in [-0.05, 0) is 35.0 Å². The van der Waals surface area contributed by atoms with E-state index < -0.39 is 0 Å². The molecule has 2 heterocycles. The van der Waals surface area contributed by atoms with E-state index in [0.29, 0.717) is 17.0 Å². The Hall–Kier alpha value is -3.70. The van der Waals surface area contributed by atoms with Crippen molar-refractivity contribution in [2.75, 3.05) is 10.2 Å². The van der Waals surface area contributed by atoms with Crippen molar-refractivity contribution in [3.05, 3.63) is 101 Å². The minimum absolute atomic E-state index is 0.303. The predicted molar refractivity (Wildman–Crippen MR) is 118 cm³/mol. The number of carbonyl (C=O) groups excluding carboxylic acids is 2. The van der Waals surface area contributed by atoms with E-state index in [0.717, 1.165) is 21.3 Å². The molecule has 0 atom stereocenters. The molecule has 0 bridgehead atoms. The number of para-hydroxylation sites is 1. The molecule has 1 N–H and O–H groups in total. The molecule has 0 aliphatic carbocycles. The van der Waals surface area contributed by atoms with Crippen LogP contribution in [0.5, 0.6) is 0 Å². The molecule has 140 valence electrons. The van der Waals surface area contributed by atoms with Gasteiger partial charge in [-0.25, -0.2) is 4.90 Å². The highest BCUT2D eigenvalue weighted by Gasteiger charge is 2.40. The van der Waals surface area contributed by atoms with Crippen LogP contribution in [0.25, 0.3) is 16.3 Å². The number of rotatable bonds is 4. The van der Waals surface area contributed by atoms with E-state index in [9.17, 15) is 9.59 Å². The first-order valence-corrected chi connectivity index (χ1v) is 10.1. The predicted octanol–water partition coefficient (Wildman–Crippen LogP) is 5.30. The Morgan fingerprint density at radius 2 is 1.48 bits per heavy atom. The van der Waals surface area contributed by atoms with Crippen molar-refractivity contribution >= 4 is 50.9 Å². The van der Waals surface area contributed by atoms with Gasteiger partial charge < -0.3 is 5.32 Å². The van der Waals surface area contributed by atoms with Gasteiger partial charge in [-0.2, -0.15) is 0 Å². The Morgan fingerprint density at radius 1 is 0.724 bits per heavy atom. The van der Waals surface area contributed by atoms with Crippen LogP contribution in [0.3, 0.4) is 0 Å². The zero-order chi connectivity index (χ0) is 19.8. The molecule has 4 nitrogen and oxygen atoms in total. The number of benzene rings is 3. The zero-order valence-corrected chi connectivity index (χ0v) is 16.1. The summed E-state index contributed by atoms with van der Waals surface area (Å²) in [6.07, 6.45) is 0. The normalized spacial score (nSPS) is 14.1. The number of hydrogen-bond acceptors (Lipinski definition) is 4. The van der Waals surface area contributed by atoms with Crippen molar-refractivity contribution in [1.29, 1.82) is 0 Å². The summed E-state index contributed by atoms with van der Waals surface area (Å²) in [4.78, 5) is 28.7. The van der Waals surface area contributed by atoms with Crippen molar-refractivity contribution < 1.29 is 9.59 Å². The number of amides is 2. The summed E-state index contributed by atoms with van der Waals surface area (Å²) in [6, 6.07) is 26.6.